The first-order valence-corrected chi connectivity index (χ1v) is 8.28. The van der Waals surface area contributed by atoms with Crippen LogP contribution in [0.2, 0.25) is 0 Å². The van der Waals surface area contributed by atoms with Gasteiger partial charge in [-0.15, -0.1) is 0 Å². The van der Waals surface area contributed by atoms with Gasteiger partial charge >= 0.3 is 0 Å². The maximum atomic E-state index is 12.3. The topological polar surface area (TPSA) is 54.5 Å². The molecule has 3 rings (SSSR count). The molecular weight excluding hydrogens is 302 g/mol. The van der Waals surface area contributed by atoms with E-state index in [1.54, 1.807) is 12.4 Å². The third-order valence-electron chi connectivity index (χ3n) is 4.29. The molecule has 0 bridgehead atoms. The van der Waals surface area contributed by atoms with Gasteiger partial charge in [0, 0.05) is 31.5 Å². The molecule has 1 saturated heterocycles. The summed E-state index contributed by atoms with van der Waals surface area (Å²) in [7, 11) is 0. The Morgan fingerprint density at radius 3 is 2.88 bits per heavy atom. The number of benzene rings is 1. The second kappa shape index (κ2) is 8.04. The molecule has 0 radical (unpaired) electrons. The van der Waals surface area contributed by atoms with Crippen molar-refractivity contribution in [3.63, 3.8) is 0 Å². The Hall–Kier alpha value is -2.24. The lowest BCUT2D eigenvalue weighted by atomic mass is 10.1. The third kappa shape index (κ3) is 4.40. The molecule has 2 aromatic rings. The van der Waals surface area contributed by atoms with Crippen molar-refractivity contribution in [2.45, 2.75) is 25.6 Å². The van der Waals surface area contributed by atoms with E-state index in [9.17, 15) is 4.79 Å². The number of morpholine rings is 1. The third-order valence-corrected chi connectivity index (χ3v) is 4.29. The lowest BCUT2D eigenvalue weighted by Gasteiger charge is -2.37. The van der Waals surface area contributed by atoms with Gasteiger partial charge in [-0.3, -0.25) is 14.7 Å². The van der Waals surface area contributed by atoms with Crippen LogP contribution in [0.5, 0.6) is 0 Å². The van der Waals surface area contributed by atoms with Crippen LogP contribution >= 0.6 is 0 Å². The molecule has 1 fully saturated rings. The van der Waals surface area contributed by atoms with E-state index >= 15 is 0 Å². The monoisotopic (exact) mass is 325 g/mol. The smallest absolute Gasteiger partial charge is 0.234 e. The highest BCUT2D eigenvalue weighted by atomic mass is 16.5. The van der Waals surface area contributed by atoms with Crippen molar-refractivity contribution in [1.82, 2.24) is 15.2 Å². The fourth-order valence-electron chi connectivity index (χ4n) is 2.84. The van der Waals surface area contributed by atoms with Crippen LogP contribution in [0.4, 0.5) is 0 Å². The van der Waals surface area contributed by atoms with Crippen LogP contribution in [0.15, 0.2) is 54.9 Å². The maximum absolute atomic E-state index is 12.3. The number of ether oxygens (including phenoxy) is 1. The normalized spacial score (nSPS) is 21.4. The quantitative estimate of drug-likeness (QED) is 0.915. The number of rotatable bonds is 5. The average Bonchev–Trinajstić information content (AvgIpc) is 2.63. The predicted molar refractivity (Wildman–Crippen MR) is 92.3 cm³/mol. The Labute approximate surface area is 142 Å². The highest BCUT2D eigenvalue weighted by Gasteiger charge is 2.28. The minimum atomic E-state index is 0.0218. The summed E-state index contributed by atoms with van der Waals surface area (Å²) in [6.07, 6.45) is 3.52. The second-order valence-corrected chi connectivity index (χ2v) is 6.15. The van der Waals surface area contributed by atoms with Crippen molar-refractivity contribution in [2.75, 3.05) is 19.7 Å². The highest BCUT2D eigenvalue weighted by Crippen LogP contribution is 2.24. The Balaban J connectivity index is 1.54. The second-order valence-electron chi connectivity index (χ2n) is 6.15. The van der Waals surface area contributed by atoms with E-state index in [4.69, 9.17) is 4.74 Å². The molecule has 0 spiro atoms. The SMILES string of the molecule is CC1COC(c2ccccc2)CN1CC(=O)NCc1cccnc1. The maximum Gasteiger partial charge on any atom is 0.234 e. The number of aromatic nitrogens is 1. The fourth-order valence-corrected chi connectivity index (χ4v) is 2.84. The van der Waals surface area contributed by atoms with Gasteiger partial charge in [-0.2, -0.15) is 0 Å². The van der Waals surface area contributed by atoms with Gasteiger partial charge in [0.1, 0.15) is 0 Å². The van der Waals surface area contributed by atoms with E-state index in [0.29, 0.717) is 19.7 Å². The molecule has 0 aliphatic carbocycles. The lowest BCUT2D eigenvalue weighted by Crippen LogP contribution is -2.49. The molecule has 1 aliphatic rings. The van der Waals surface area contributed by atoms with Crippen molar-refractivity contribution in [2.24, 2.45) is 0 Å². The Bertz CT molecular complexity index is 648. The predicted octanol–water partition coefficient (Wildman–Crippen LogP) is 2.16. The Kier molecular flexibility index (Phi) is 5.56. The van der Waals surface area contributed by atoms with E-state index in [1.807, 2.05) is 30.3 Å². The zero-order valence-electron chi connectivity index (χ0n) is 13.9. The van der Waals surface area contributed by atoms with Crippen LogP contribution < -0.4 is 5.32 Å². The molecule has 1 N–H and O–H groups in total. The zero-order valence-corrected chi connectivity index (χ0v) is 13.9. The molecule has 24 heavy (non-hydrogen) atoms. The van der Waals surface area contributed by atoms with Gasteiger partial charge in [0.15, 0.2) is 0 Å². The average molecular weight is 325 g/mol. The van der Waals surface area contributed by atoms with E-state index in [0.717, 1.165) is 17.7 Å². The molecule has 2 atom stereocenters. The summed E-state index contributed by atoms with van der Waals surface area (Å²) < 4.78 is 5.94. The van der Waals surface area contributed by atoms with Gasteiger partial charge < -0.3 is 10.1 Å². The fraction of sp³-hybridized carbons (Fsp3) is 0.368. The number of hydrogen-bond acceptors (Lipinski definition) is 4. The number of amides is 1. The van der Waals surface area contributed by atoms with Gasteiger partial charge in [-0.1, -0.05) is 36.4 Å². The number of nitrogens with one attached hydrogen (secondary N) is 1. The molecule has 2 heterocycles. The summed E-state index contributed by atoms with van der Waals surface area (Å²) in [6.45, 7) is 4.35. The van der Waals surface area contributed by atoms with Gasteiger partial charge in [0.25, 0.3) is 0 Å². The molecule has 1 aliphatic heterocycles. The zero-order chi connectivity index (χ0) is 16.8. The van der Waals surface area contributed by atoms with Crippen molar-refractivity contribution < 1.29 is 9.53 Å². The molecule has 2 unspecified atom stereocenters. The van der Waals surface area contributed by atoms with Gasteiger partial charge in [0.2, 0.25) is 5.91 Å². The largest absolute Gasteiger partial charge is 0.371 e. The Morgan fingerprint density at radius 1 is 1.29 bits per heavy atom. The van der Waals surface area contributed by atoms with E-state index in [-0.39, 0.29) is 18.1 Å². The van der Waals surface area contributed by atoms with Crippen molar-refractivity contribution in [3.8, 4) is 0 Å². The van der Waals surface area contributed by atoms with Crippen LogP contribution in [0.1, 0.15) is 24.2 Å². The number of carbonyl (C=O) groups excluding carboxylic acids is 1. The summed E-state index contributed by atoms with van der Waals surface area (Å²) in [5, 5.41) is 2.96. The van der Waals surface area contributed by atoms with E-state index < -0.39 is 0 Å². The van der Waals surface area contributed by atoms with Crippen molar-refractivity contribution >= 4 is 5.91 Å². The first-order chi connectivity index (χ1) is 11.7. The molecule has 1 aromatic carbocycles. The molecule has 1 amide bonds. The minimum absolute atomic E-state index is 0.0218. The van der Waals surface area contributed by atoms with Crippen LogP contribution in [-0.4, -0.2) is 41.5 Å². The number of pyridine rings is 1. The molecule has 5 heteroatoms. The number of nitrogens with zero attached hydrogens (tertiary/aromatic N) is 2. The number of hydrogen-bond donors (Lipinski definition) is 1. The standard InChI is InChI=1S/C19H23N3O2/c1-15-14-24-18(17-7-3-2-4-8-17)12-22(15)13-19(23)21-11-16-6-5-9-20-10-16/h2-10,15,18H,11-14H2,1H3,(H,21,23). The molecule has 1 aromatic heterocycles. The number of carbonyl (C=O) groups is 1. The molecule has 0 saturated carbocycles. The van der Waals surface area contributed by atoms with Crippen LogP contribution in [0.3, 0.4) is 0 Å². The van der Waals surface area contributed by atoms with Crippen LogP contribution in [0.25, 0.3) is 0 Å². The van der Waals surface area contributed by atoms with Gasteiger partial charge in [0.05, 0.1) is 19.3 Å². The summed E-state index contributed by atoms with van der Waals surface area (Å²) >= 11 is 0. The van der Waals surface area contributed by atoms with E-state index in [2.05, 4.69) is 34.3 Å². The first kappa shape index (κ1) is 16.6. The first-order valence-electron chi connectivity index (χ1n) is 8.28. The lowest BCUT2D eigenvalue weighted by molar-refractivity contribution is -0.126. The van der Waals surface area contributed by atoms with Gasteiger partial charge in [-0.25, -0.2) is 0 Å². The van der Waals surface area contributed by atoms with Crippen molar-refractivity contribution in [3.05, 3.63) is 66.0 Å². The summed E-state index contributed by atoms with van der Waals surface area (Å²) in [5.74, 6) is 0.0272. The van der Waals surface area contributed by atoms with E-state index in [1.165, 1.54) is 0 Å². The van der Waals surface area contributed by atoms with Crippen molar-refractivity contribution in [1.29, 1.82) is 0 Å². The van der Waals surface area contributed by atoms with Gasteiger partial charge in [-0.05, 0) is 24.1 Å². The highest BCUT2D eigenvalue weighted by molar-refractivity contribution is 5.78. The molecule has 5 nitrogen and oxygen atoms in total. The summed E-state index contributed by atoms with van der Waals surface area (Å²) in [5.41, 5.74) is 2.16. The Morgan fingerprint density at radius 2 is 2.12 bits per heavy atom. The minimum Gasteiger partial charge on any atom is -0.371 e. The summed E-state index contributed by atoms with van der Waals surface area (Å²) in [4.78, 5) is 18.5. The van der Waals surface area contributed by atoms with Crippen LogP contribution in [0, 0.1) is 0 Å². The summed E-state index contributed by atoms with van der Waals surface area (Å²) in [6, 6.07) is 14.2. The van der Waals surface area contributed by atoms with Crippen LogP contribution in [-0.2, 0) is 16.1 Å². The molecule has 126 valence electrons. The molecular formula is C19H23N3O2.